The molecule has 1 aliphatic carbocycles. The SMILES string of the molecule is NCC1(c2nc(Cc3ccccc3Cl)no2)CC1. The minimum Gasteiger partial charge on any atom is -0.339 e. The number of aromatic nitrogens is 2. The van der Waals surface area contributed by atoms with Crippen LogP contribution in [-0.2, 0) is 11.8 Å². The van der Waals surface area contributed by atoms with Gasteiger partial charge < -0.3 is 10.3 Å². The van der Waals surface area contributed by atoms with Gasteiger partial charge in [0.1, 0.15) is 0 Å². The molecule has 0 atom stereocenters. The highest BCUT2D eigenvalue weighted by Crippen LogP contribution is 2.46. The number of nitrogens with two attached hydrogens (primary N) is 1. The van der Waals surface area contributed by atoms with Gasteiger partial charge in [-0.25, -0.2) is 0 Å². The number of rotatable bonds is 4. The molecule has 1 aromatic carbocycles. The van der Waals surface area contributed by atoms with E-state index in [1.807, 2.05) is 24.3 Å². The molecular weight excluding hydrogens is 250 g/mol. The van der Waals surface area contributed by atoms with Gasteiger partial charge in [0.15, 0.2) is 5.82 Å². The zero-order chi connectivity index (χ0) is 12.6. The van der Waals surface area contributed by atoms with E-state index in [1.54, 1.807) is 0 Å². The predicted molar refractivity (Wildman–Crippen MR) is 68.5 cm³/mol. The second-order valence-corrected chi connectivity index (χ2v) is 5.18. The van der Waals surface area contributed by atoms with Gasteiger partial charge in [0.05, 0.1) is 5.41 Å². The maximum Gasteiger partial charge on any atom is 0.234 e. The van der Waals surface area contributed by atoms with Crippen molar-refractivity contribution in [1.82, 2.24) is 10.1 Å². The lowest BCUT2D eigenvalue weighted by molar-refractivity contribution is 0.344. The maximum atomic E-state index is 6.10. The minimum absolute atomic E-state index is 0.0499. The lowest BCUT2D eigenvalue weighted by Crippen LogP contribution is -2.20. The van der Waals surface area contributed by atoms with Crippen LogP contribution in [0.15, 0.2) is 28.8 Å². The highest BCUT2D eigenvalue weighted by Gasteiger charge is 2.48. The Bertz CT molecular complexity index is 563. The summed E-state index contributed by atoms with van der Waals surface area (Å²) in [6.07, 6.45) is 2.66. The topological polar surface area (TPSA) is 64.9 Å². The number of benzene rings is 1. The molecular formula is C13H14ClN3O. The van der Waals surface area contributed by atoms with Crippen LogP contribution < -0.4 is 5.73 Å². The van der Waals surface area contributed by atoms with Gasteiger partial charge in [-0.15, -0.1) is 0 Å². The summed E-state index contributed by atoms with van der Waals surface area (Å²) in [4.78, 5) is 4.44. The van der Waals surface area contributed by atoms with E-state index in [1.165, 1.54) is 0 Å². The number of hydrogen-bond donors (Lipinski definition) is 1. The molecule has 2 aromatic rings. The van der Waals surface area contributed by atoms with Gasteiger partial charge in [-0.1, -0.05) is 35.0 Å². The summed E-state index contributed by atoms with van der Waals surface area (Å²) in [5.74, 6) is 1.34. The van der Waals surface area contributed by atoms with Gasteiger partial charge in [0.2, 0.25) is 5.89 Å². The summed E-state index contributed by atoms with van der Waals surface area (Å²) in [5, 5.41) is 4.73. The van der Waals surface area contributed by atoms with Crippen molar-refractivity contribution in [2.45, 2.75) is 24.7 Å². The minimum atomic E-state index is -0.0499. The van der Waals surface area contributed by atoms with Gasteiger partial charge in [0, 0.05) is 18.0 Å². The van der Waals surface area contributed by atoms with Crippen molar-refractivity contribution < 1.29 is 4.52 Å². The van der Waals surface area contributed by atoms with E-state index in [0.717, 1.165) is 23.4 Å². The Balaban J connectivity index is 1.81. The first-order chi connectivity index (χ1) is 8.73. The third-order valence-corrected chi connectivity index (χ3v) is 3.84. The smallest absolute Gasteiger partial charge is 0.234 e. The van der Waals surface area contributed by atoms with E-state index >= 15 is 0 Å². The van der Waals surface area contributed by atoms with Gasteiger partial charge >= 0.3 is 0 Å². The summed E-state index contributed by atoms with van der Waals surface area (Å²) < 4.78 is 5.31. The van der Waals surface area contributed by atoms with E-state index in [4.69, 9.17) is 21.9 Å². The standard InChI is InChI=1S/C13H14ClN3O/c14-10-4-2-1-3-9(10)7-11-16-12(18-17-11)13(8-15)5-6-13/h1-4H,5-8,15H2. The van der Waals surface area contributed by atoms with Crippen LogP contribution in [0.2, 0.25) is 5.02 Å². The van der Waals surface area contributed by atoms with Crippen molar-refractivity contribution in [3.05, 3.63) is 46.6 Å². The van der Waals surface area contributed by atoms with Crippen molar-refractivity contribution in [1.29, 1.82) is 0 Å². The number of halogens is 1. The fourth-order valence-corrected chi connectivity index (χ4v) is 2.21. The van der Waals surface area contributed by atoms with Crippen molar-refractivity contribution in [3.8, 4) is 0 Å². The zero-order valence-electron chi connectivity index (χ0n) is 9.90. The number of hydrogen-bond acceptors (Lipinski definition) is 4. The normalized spacial score (nSPS) is 16.8. The quantitative estimate of drug-likeness (QED) is 0.919. The zero-order valence-corrected chi connectivity index (χ0v) is 10.7. The molecule has 0 aliphatic heterocycles. The Morgan fingerprint density at radius 3 is 2.78 bits per heavy atom. The molecule has 0 amide bonds. The second kappa shape index (κ2) is 4.37. The van der Waals surface area contributed by atoms with Crippen LogP contribution in [0.4, 0.5) is 0 Å². The van der Waals surface area contributed by atoms with Crippen LogP contribution in [0.5, 0.6) is 0 Å². The van der Waals surface area contributed by atoms with E-state index < -0.39 is 0 Å². The molecule has 0 bridgehead atoms. The lowest BCUT2D eigenvalue weighted by atomic mass is 10.1. The molecule has 1 aromatic heterocycles. The molecule has 94 valence electrons. The van der Waals surface area contributed by atoms with E-state index in [2.05, 4.69) is 10.1 Å². The highest BCUT2D eigenvalue weighted by molar-refractivity contribution is 6.31. The average molecular weight is 264 g/mol. The molecule has 0 spiro atoms. The van der Waals surface area contributed by atoms with Crippen LogP contribution in [0.25, 0.3) is 0 Å². The molecule has 5 heteroatoms. The fourth-order valence-electron chi connectivity index (χ4n) is 2.01. The Kier molecular flexibility index (Phi) is 2.84. The third kappa shape index (κ3) is 2.02. The van der Waals surface area contributed by atoms with Crippen molar-refractivity contribution in [2.24, 2.45) is 5.73 Å². The van der Waals surface area contributed by atoms with Crippen LogP contribution in [0.1, 0.15) is 30.1 Å². The first-order valence-electron chi connectivity index (χ1n) is 6.00. The lowest BCUT2D eigenvalue weighted by Gasteiger charge is -2.03. The number of nitrogens with zero attached hydrogens (tertiary/aromatic N) is 2. The maximum absolute atomic E-state index is 6.10. The van der Waals surface area contributed by atoms with Crippen LogP contribution >= 0.6 is 11.6 Å². The van der Waals surface area contributed by atoms with E-state index in [0.29, 0.717) is 24.7 Å². The third-order valence-electron chi connectivity index (χ3n) is 3.47. The molecule has 1 aliphatic rings. The molecule has 1 saturated carbocycles. The van der Waals surface area contributed by atoms with Crippen LogP contribution in [-0.4, -0.2) is 16.7 Å². The van der Waals surface area contributed by atoms with Crippen LogP contribution in [0, 0.1) is 0 Å². The molecule has 0 saturated heterocycles. The monoisotopic (exact) mass is 263 g/mol. The largest absolute Gasteiger partial charge is 0.339 e. The molecule has 1 heterocycles. The van der Waals surface area contributed by atoms with Gasteiger partial charge in [-0.3, -0.25) is 0 Å². The van der Waals surface area contributed by atoms with Gasteiger partial charge in [-0.2, -0.15) is 4.98 Å². The molecule has 0 radical (unpaired) electrons. The molecule has 1 fully saturated rings. The van der Waals surface area contributed by atoms with Gasteiger partial charge in [-0.05, 0) is 24.5 Å². The summed E-state index contributed by atoms with van der Waals surface area (Å²) in [6.45, 7) is 0.570. The van der Waals surface area contributed by atoms with E-state index in [9.17, 15) is 0 Å². The second-order valence-electron chi connectivity index (χ2n) is 4.77. The van der Waals surface area contributed by atoms with E-state index in [-0.39, 0.29) is 5.41 Å². The Morgan fingerprint density at radius 1 is 1.33 bits per heavy atom. The van der Waals surface area contributed by atoms with Gasteiger partial charge in [0.25, 0.3) is 0 Å². The molecule has 4 nitrogen and oxygen atoms in total. The van der Waals surface area contributed by atoms with Crippen molar-refractivity contribution in [3.63, 3.8) is 0 Å². The fraction of sp³-hybridized carbons (Fsp3) is 0.385. The predicted octanol–water partition coefficient (Wildman–Crippen LogP) is 2.30. The summed E-state index contributed by atoms with van der Waals surface area (Å²) in [5.41, 5.74) is 6.69. The molecule has 18 heavy (non-hydrogen) atoms. The first-order valence-corrected chi connectivity index (χ1v) is 6.38. The van der Waals surface area contributed by atoms with Crippen LogP contribution in [0.3, 0.4) is 0 Å². The van der Waals surface area contributed by atoms with Crippen molar-refractivity contribution in [2.75, 3.05) is 6.54 Å². The van der Waals surface area contributed by atoms with Crippen molar-refractivity contribution >= 4 is 11.6 Å². The molecule has 0 unspecified atom stereocenters. The summed E-state index contributed by atoms with van der Waals surface area (Å²) in [7, 11) is 0. The summed E-state index contributed by atoms with van der Waals surface area (Å²) >= 11 is 6.10. The average Bonchev–Trinajstić information content (AvgIpc) is 3.05. The summed E-state index contributed by atoms with van der Waals surface area (Å²) in [6, 6.07) is 7.68. The first kappa shape index (κ1) is 11.7. The highest BCUT2D eigenvalue weighted by atomic mass is 35.5. The Morgan fingerprint density at radius 2 is 2.11 bits per heavy atom. The Labute approximate surface area is 110 Å². The molecule has 3 rings (SSSR count). The Hall–Kier alpha value is -1.39. The molecule has 2 N–H and O–H groups in total.